The molecule has 0 aliphatic carbocycles. The Morgan fingerprint density at radius 1 is 1.03 bits per heavy atom. The number of benzene rings is 2. The number of pyridine rings is 1. The number of carbonyl (C=O) groups excluding carboxylic acids is 1. The number of para-hydroxylation sites is 1. The zero-order valence-corrected chi connectivity index (χ0v) is 18.2. The predicted molar refractivity (Wildman–Crippen MR) is 125 cm³/mol. The molecule has 0 unspecified atom stereocenters. The van der Waals surface area contributed by atoms with Crippen molar-refractivity contribution in [1.82, 2.24) is 14.9 Å². The Kier molecular flexibility index (Phi) is 6.21. The van der Waals surface area contributed by atoms with Crippen molar-refractivity contribution in [1.29, 1.82) is 0 Å². The first-order valence-electron chi connectivity index (χ1n) is 10.7. The van der Waals surface area contributed by atoms with E-state index in [-0.39, 0.29) is 23.4 Å². The highest BCUT2D eigenvalue weighted by Crippen LogP contribution is 2.19. The van der Waals surface area contributed by atoms with Crippen molar-refractivity contribution in [3.8, 4) is 0 Å². The summed E-state index contributed by atoms with van der Waals surface area (Å²) in [6.07, 6.45) is 3.13. The fraction of sp³-hybridized carbons (Fsp3) is 0.231. The van der Waals surface area contributed by atoms with Crippen molar-refractivity contribution in [2.75, 3.05) is 6.54 Å². The summed E-state index contributed by atoms with van der Waals surface area (Å²) in [5, 5.41) is 3.95. The van der Waals surface area contributed by atoms with Crippen LogP contribution in [0.15, 0.2) is 65.6 Å². The van der Waals surface area contributed by atoms with Gasteiger partial charge < -0.3 is 14.9 Å². The molecule has 2 aromatic carbocycles. The maximum absolute atomic E-state index is 13.8. The van der Waals surface area contributed by atoms with Crippen LogP contribution in [-0.4, -0.2) is 22.0 Å². The van der Waals surface area contributed by atoms with Gasteiger partial charge in [-0.05, 0) is 49.9 Å². The average Bonchev–Trinajstić information content (AvgIpc) is 3.18. The van der Waals surface area contributed by atoms with Crippen molar-refractivity contribution in [2.45, 2.75) is 33.2 Å². The van der Waals surface area contributed by atoms with Crippen LogP contribution in [-0.2, 0) is 19.4 Å². The SMILES string of the molecule is Cc1cc(=O)c(C(=O)NCCc2ccccc2F)c(C)n1CCc1c[nH]c2ccccc12. The molecule has 0 aliphatic rings. The molecule has 4 rings (SSSR count). The molecule has 0 saturated carbocycles. The van der Waals surface area contributed by atoms with Gasteiger partial charge >= 0.3 is 0 Å². The predicted octanol–water partition coefficient (Wildman–Crippen LogP) is 4.30. The van der Waals surface area contributed by atoms with Crippen LogP contribution in [0.1, 0.15) is 32.9 Å². The molecule has 0 spiro atoms. The second kappa shape index (κ2) is 9.22. The Morgan fingerprint density at radius 2 is 1.78 bits per heavy atom. The summed E-state index contributed by atoms with van der Waals surface area (Å²) in [5.41, 5.74) is 4.10. The van der Waals surface area contributed by atoms with Gasteiger partial charge in [-0.3, -0.25) is 9.59 Å². The van der Waals surface area contributed by atoms with Crippen molar-refractivity contribution in [3.63, 3.8) is 0 Å². The zero-order chi connectivity index (χ0) is 22.7. The Bertz CT molecular complexity index is 1340. The lowest BCUT2D eigenvalue weighted by atomic mass is 10.1. The third kappa shape index (κ3) is 4.35. The van der Waals surface area contributed by atoms with Gasteiger partial charge in [0.05, 0.1) is 0 Å². The summed E-state index contributed by atoms with van der Waals surface area (Å²) < 4.78 is 15.8. The lowest BCUT2D eigenvalue weighted by Crippen LogP contribution is -2.33. The number of H-pyrrole nitrogens is 1. The standard InChI is InChI=1S/C26H26FN3O2/c1-17-15-24(31)25(26(32)28-13-11-19-7-3-5-9-22(19)27)18(2)30(17)14-12-20-16-29-23-10-6-4-8-21(20)23/h3-10,15-16,29H,11-14H2,1-2H3,(H,28,32). The molecule has 5 nitrogen and oxygen atoms in total. The van der Waals surface area contributed by atoms with E-state index in [1.807, 2.05) is 35.9 Å². The maximum Gasteiger partial charge on any atom is 0.257 e. The lowest BCUT2D eigenvalue weighted by Gasteiger charge is -2.17. The van der Waals surface area contributed by atoms with Gasteiger partial charge in [0.1, 0.15) is 11.4 Å². The Labute approximate surface area is 185 Å². The number of rotatable bonds is 7. The number of carbonyl (C=O) groups is 1. The zero-order valence-electron chi connectivity index (χ0n) is 18.2. The van der Waals surface area contributed by atoms with Gasteiger partial charge in [-0.25, -0.2) is 4.39 Å². The molecule has 4 aromatic rings. The fourth-order valence-corrected chi connectivity index (χ4v) is 4.21. The van der Waals surface area contributed by atoms with Gasteiger partial charge in [-0.15, -0.1) is 0 Å². The van der Waals surface area contributed by atoms with Crippen molar-refractivity contribution >= 4 is 16.8 Å². The number of nitrogens with zero attached hydrogens (tertiary/aromatic N) is 1. The van der Waals surface area contributed by atoms with Crippen molar-refractivity contribution < 1.29 is 9.18 Å². The van der Waals surface area contributed by atoms with E-state index in [0.29, 0.717) is 24.2 Å². The number of aryl methyl sites for hydroxylation is 2. The number of fused-ring (bicyclic) bond motifs is 1. The molecule has 0 saturated heterocycles. The third-order valence-corrected chi connectivity index (χ3v) is 5.92. The van der Waals surface area contributed by atoms with Crippen molar-refractivity contribution in [2.24, 2.45) is 0 Å². The number of hydrogen-bond donors (Lipinski definition) is 2. The second-order valence-electron chi connectivity index (χ2n) is 7.97. The van der Waals surface area contributed by atoms with E-state index in [2.05, 4.69) is 16.4 Å². The number of nitrogens with one attached hydrogen (secondary N) is 2. The minimum absolute atomic E-state index is 0.142. The number of aromatic nitrogens is 2. The van der Waals surface area contributed by atoms with Gasteiger partial charge in [0.25, 0.3) is 5.91 Å². The van der Waals surface area contributed by atoms with Crippen LogP contribution in [0.25, 0.3) is 10.9 Å². The second-order valence-corrected chi connectivity index (χ2v) is 7.97. The first kappa shape index (κ1) is 21.6. The molecule has 6 heteroatoms. The molecule has 0 radical (unpaired) electrons. The van der Waals surface area contributed by atoms with Gasteiger partial charge in [-0.1, -0.05) is 36.4 Å². The smallest absolute Gasteiger partial charge is 0.257 e. The molecule has 0 bridgehead atoms. The Morgan fingerprint density at radius 3 is 2.59 bits per heavy atom. The summed E-state index contributed by atoms with van der Waals surface area (Å²) in [5.74, 6) is -0.724. The fourth-order valence-electron chi connectivity index (χ4n) is 4.21. The first-order valence-corrected chi connectivity index (χ1v) is 10.7. The summed E-state index contributed by atoms with van der Waals surface area (Å²) in [4.78, 5) is 28.7. The van der Waals surface area contributed by atoms with E-state index in [1.54, 1.807) is 25.1 Å². The molecule has 0 atom stereocenters. The Balaban J connectivity index is 1.50. The van der Waals surface area contributed by atoms with Crippen LogP contribution < -0.4 is 10.7 Å². The van der Waals surface area contributed by atoms with Crippen LogP contribution in [0.2, 0.25) is 0 Å². The van der Waals surface area contributed by atoms with E-state index >= 15 is 0 Å². The molecular weight excluding hydrogens is 405 g/mol. The summed E-state index contributed by atoms with van der Waals surface area (Å²) in [6.45, 7) is 4.58. The summed E-state index contributed by atoms with van der Waals surface area (Å²) >= 11 is 0. The molecule has 2 aromatic heterocycles. The number of hydrogen-bond acceptors (Lipinski definition) is 2. The number of aromatic amines is 1. The number of halogens is 1. The molecule has 2 N–H and O–H groups in total. The maximum atomic E-state index is 13.8. The Hall–Kier alpha value is -3.67. The largest absolute Gasteiger partial charge is 0.361 e. The van der Waals surface area contributed by atoms with E-state index < -0.39 is 5.91 Å². The highest BCUT2D eigenvalue weighted by Gasteiger charge is 2.17. The van der Waals surface area contributed by atoms with Crippen LogP contribution in [0.3, 0.4) is 0 Å². The van der Waals surface area contributed by atoms with Gasteiger partial charge in [-0.2, -0.15) is 0 Å². The molecule has 164 valence electrons. The van der Waals surface area contributed by atoms with Gasteiger partial charge in [0.2, 0.25) is 0 Å². The van der Waals surface area contributed by atoms with Crippen LogP contribution in [0.4, 0.5) is 4.39 Å². The monoisotopic (exact) mass is 431 g/mol. The molecule has 0 aliphatic heterocycles. The van der Waals surface area contributed by atoms with Gasteiger partial charge in [0.15, 0.2) is 5.43 Å². The van der Waals surface area contributed by atoms with Gasteiger partial charge in [0, 0.05) is 47.6 Å². The number of amides is 1. The lowest BCUT2D eigenvalue weighted by molar-refractivity contribution is 0.0951. The highest BCUT2D eigenvalue weighted by atomic mass is 19.1. The van der Waals surface area contributed by atoms with E-state index in [4.69, 9.17) is 0 Å². The molecule has 32 heavy (non-hydrogen) atoms. The van der Waals surface area contributed by atoms with Crippen LogP contribution >= 0.6 is 0 Å². The normalized spacial score (nSPS) is 11.1. The minimum atomic E-state index is -0.426. The first-order chi connectivity index (χ1) is 15.5. The minimum Gasteiger partial charge on any atom is -0.361 e. The highest BCUT2D eigenvalue weighted by molar-refractivity contribution is 5.95. The molecular formula is C26H26FN3O2. The molecule has 0 fully saturated rings. The van der Waals surface area contributed by atoms with E-state index in [1.165, 1.54) is 23.1 Å². The van der Waals surface area contributed by atoms with E-state index in [0.717, 1.165) is 17.6 Å². The molecule has 2 heterocycles. The van der Waals surface area contributed by atoms with E-state index in [9.17, 15) is 14.0 Å². The summed E-state index contributed by atoms with van der Waals surface area (Å²) in [7, 11) is 0. The average molecular weight is 432 g/mol. The van der Waals surface area contributed by atoms with Crippen molar-refractivity contribution in [3.05, 3.63) is 105 Å². The topological polar surface area (TPSA) is 66.9 Å². The third-order valence-electron chi connectivity index (χ3n) is 5.92. The van der Waals surface area contributed by atoms with Crippen LogP contribution in [0, 0.1) is 19.7 Å². The molecule has 1 amide bonds. The quantitative estimate of drug-likeness (QED) is 0.458. The van der Waals surface area contributed by atoms with Crippen LogP contribution in [0.5, 0.6) is 0 Å². The summed E-state index contributed by atoms with van der Waals surface area (Å²) in [6, 6.07) is 16.1.